The molecule has 8 nitrogen and oxygen atoms in total. The van der Waals surface area contributed by atoms with Crippen molar-refractivity contribution in [2.75, 3.05) is 44.3 Å². The van der Waals surface area contributed by atoms with Crippen molar-refractivity contribution >= 4 is 12.0 Å². The van der Waals surface area contributed by atoms with Gasteiger partial charge in [-0.05, 0) is 12.8 Å². The third kappa shape index (κ3) is 3.44. The third-order valence-corrected chi connectivity index (χ3v) is 3.90. The van der Waals surface area contributed by atoms with Gasteiger partial charge >= 0.3 is 12.0 Å². The Bertz CT molecular complexity index is 478. The first-order chi connectivity index (χ1) is 10.2. The third-order valence-electron chi connectivity index (χ3n) is 3.90. The number of aryl methyl sites for hydroxylation is 1. The number of amides is 2. The van der Waals surface area contributed by atoms with E-state index in [2.05, 4.69) is 15.5 Å². The van der Waals surface area contributed by atoms with Gasteiger partial charge in [-0.25, -0.2) is 4.79 Å². The Hall–Kier alpha value is -1.83. The Morgan fingerprint density at radius 1 is 1.19 bits per heavy atom. The fourth-order valence-corrected chi connectivity index (χ4v) is 2.62. The van der Waals surface area contributed by atoms with Gasteiger partial charge in [-0.1, -0.05) is 5.10 Å². The van der Waals surface area contributed by atoms with Crippen LogP contribution in [0.25, 0.3) is 0 Å². The fraction of sp³-hybridized carbons (Fsp3) is 0.769. The number of nitrogens with zero attached hydrogens (tertiary/aromatic N) is 4. The second kappa shape index (κ2) is 6.30. The van der Waals surface area contributed by atoms with Gasteiger partial charge in [-0.3, -0.25) is 0 Å². The average Bonchev–Trinajstić information content (AvgIpc) is 2.95. The summed E-state index contributed by atoms with van der Waals surface area (Å²) in [6, 6.07) is 0.795. The number of ether oxygens (including phenoxy) is 1. The number of aromatic nitrogens is 2. The van der Waals surface area contributed by atoms with E-state index < -0.39 is 0 Å². The van der Waals surface area contributed by atoms with Crippen molar-refractivity contribution in [1.82, 2.24) is 20.4 Å². The lowest BCUT2D eigenvalue weighted by molar-refractivity contribution is 0.0779. The Labute approximate surface area is 123 Å². The molecule has 1 aromatic heterocycles. The molecule has 1 aromatic rings. The molecule has 0 bridgehead atoms. The average molecular weight is 295 g/mol. The molecule has 2 amide bonds. The summed E-state index contributed by atoms with van der Waals surface area (Å²) in [6.45, 7) is 5.98. The molecule has 2 aliphatic heterocycles. The van der Waals surface area contributed by atoms with E-state index in [0.29, 0.717) is 38.1 Å². The van der Waals surface area contributed by atoms with Crippen LogP contribution in [0.1, 0.15) is 18.7 Å². The van der Waals surface area contributed by atoms with Gasteiger partial charge in [0.25, 0.3) is 0 Å². The lowest BCUT2D eigenvalue weighted by Crippen LogP contribution is -2.54. The van der Waals surface area contributed by atoms with Gasteiger partial charge < -0.3 is 24.3 Å². The van der Waals surface area contributed by atoms with Crippen molar-refractivity contribution in [1.29, 1.82) is 0 Å². The Balaban J connectivity index is 1.47. The number of hydrogen-bond acceptors (Lipinski definition) is 6. The summed E-state index contributed by atoms with van der Waals surface area (Å²) in [6.07, 6.45) is 1.79. The van der Waals surface area contributed by atoms with Crippen molar-refractivity contribution in [2.24, 2.45) is 0 Å². The molecular weight excluding hydrogens is 274 g/mol. The number of urea groups is 1. The molecule has 0 unspecified atom stereocenters. The Morgan fingerprint density at radius 3 is 2.52 bits per heavy atom. The zero-order valence-corrected chi connectivity index (χ0v) is 12.2. The molecule has 2 fully saturated rings. The first kappa shape index (κ1) is 14.1. The van der Waals surface area contributed by atoms with Crippen molar-refractivity contribution in [3.05, 3.63) is 5.89 Å². The SMILES string of the molecule is Cc1nnc(N2CCN(C(=O)NC3CCOCC3)CC2)o1. The summed E-state index contributed by atoms with van der Waals surface area (Å²) in [5.74, 6) is 0.560. The molecule has 2 saturated heterocycles. The van der Waals surface area contributed by atoms with E-state index in [1.165, 1.54) is 0 Å². The smallest absolute Gasteiger partial charge is 0.318 e. The molecule has 0 radical (unpaired) electrons. The highest BCUT2D eigenvalue weighted by atomic mass is 16.5. The predicted octanol–water partition coefficient (Wildman–Crippen LogP) is 0.389. The summed E-state index contributed by atoms with van der Waals surface area (Å²) in [5, 5.41) is 10.9. The maximum atomic E-state index is 12.2. The van der Waals surface area contributed by atoms with Crippen molar-refractivity contribution in [3.63, 3.8) is 0 Å². The molecule has 116 valence electrons. The zero-order chi connectivity index (χ0) is 14.7. The number of rotatable bonds is 2. The second-order valence-electron chi connectivity index (χ2n) is 5.41. The topological polar surface area (TPSA) is 83.7 Å². The maximum Gasteiger partial charge on any atom is 0.318 e. The van der Waals surface area contributed by atoms with E-state index in [-0.39, 0.29) is 12.1 Å². The largest absolute Gasteiger partial charge is 0.408 e. The van der Waals surface area contributed by atoms with Crippen LogP contribution in [0.15, 0.2) is 4.42 Å². The summed E-state index contributed by atoms with van der Waals surface area (Å²) in [7, 11) is 0. The van der Waals surface area contributed by atoms with Crippen LogP contribution in [0.5, 0.6) is 0 Å². The molecule has 0 aromatic carbocycles. The minimum Gasteiger partial charge on any atom is -0.408 e. The molecule has 3 heterocycles. The van der Waals surface area contributed by atoms with Crippen LogP contribution in [0.2, 0.25) is 0 Å². The molecule has 8 heteroatoms. The van der Waals surface area contributed by atoms with E-state index in [1.54, 1.807) is 6.92 Å². The van der Waals surface area contributed by atoms with Gasteiger partial charge in [0.05, 0.1) is 0 Å². The fourth-order valence-electron chi connectivity index (χ4n) is 2.62. The van der Waals surface area contributed by atoms with Gasteiger partial charge in [0, 0.05) is 52.4 Å². The number of carbonyl (C=O) groups excluding carboxylic acids is 1. The van der Waals surface area contributed by atoms with Gasteiger partial charge in [-0.2, -0.15) is 0 Å². The van der Waals surface area contributed by atoms with Crippen LogP contribution in [0.3, 0.4) is 0 Å². The highest BCUT2D eigenvalue weighted by Gasteiger charge is 2.25. The standard InChI is InChI=1S/C13H21N5O3/c1-10-15-16-13(21-10)18-6-4-17(5-7-18)12(19)14-11-2-8-20-9-3-11/h11H,2-9H2,1H3,(H,14,19). The summed E-state index contributed by atoms with van der Waals surface area (Å²) in [4.78, 5) is 16.1. The second-order valence-corrected chi connectivity index (χ2v) is 5.41. The van der Waals surface area contributed by atoms with Crippen molar-refractivity contribution in [2.45, 2.75) is 25.8 Å². The normalized spacial score (nSPS) is 20.6. The van der Waals surface area contributed by atoms with Gasteiger partial charge in [0.15, 0.2) is 0 Å². The molecule has 3 rings (SSSR count). The minimum atomic E-state index is 0.0169. The van der Waals surface area contributed by atoms with Crippen LogP contribution in [-0.4, -0.2) is 66.6 Å². The molecular formula is C13H21N5O3. The van der Waals surface area contributed by atoms with Crippen LogP contribution in [0, 0.1) is 6.92 Å². The minimum absolute atomic E-state index is 0.0169. The van der Waals surface area contributed by atoms with E-state index in [9.17, 15) is 4.79 Å². The van der Waals surface area contributed by atoms with E-state index in [4.69, 9.17) is 9.15 Å². The summed E-state index contributed by atoms with van der Waals surface area (Å²) < 4.78 is 10.7. The Kier molecular flexibility index (Phi) is 4.23. The van der Waals surface area contributed by atoms with E-state index >= 15 is 0 Å². The number of nitrogens with one attached hydrogen (secondary N) is 1. The Morgan fingerprint density at radius 2 is 1.90 bits per heavy atom. The predicted molar refractivity (Wildman–Crippen MR) is 75.2 cm³/mol. The lowest BCUT2D eigenvalue weighted by Gasteiger charge is -2.35. The van der Waals surface area contributed by atoms with E-state index in [1.807, 2.05) is 9.80 Å². The number of anilines is 1. The first-order valence-corrected chi connectivity index (χ1v) is 7.40. The van der Waals surface area contributed by atoms with Gasteiger partial charge in [0.1, 0.15) is 0 Å². The van der Waals surface area contributed by atoms with Gasteiger partial charge in [0.2, 0.25) is 5.89 Å². The maximum absolute atomic E-state index is 12.2. The van der Waals surface area contributed by atoms with Crippen LogP contribution in [0.4, 0.5) is 10.8 Å². The van der Waals surface area contributed by atoms with Crippen LogP contribution < -0.4 is 10.2 Å². The summed E-state index contributed by atoms with van der Waals surface area (Å²) in [5.41, 5.74) is 0. The quantitative estimate of drug-likeness (QED) is 0.849. The number of hydrogen-bond donors (Lipinski definition) is 1. The van der Waals surface area contributed by atoms with E-state index in [0.717, 1.165) is 26.1 Å². The lowest BCUT2D eigenvalue weighted by atomic mass is 10.1. The van der Waals surface area contributed by atoms with Gasteiger partial charge in [-0.15, -0.1) is 5.10 Å². The highest BCUT2D eigenvalue weighted by molar-refractivity contribution is 5.74. The molecule has 0 atom stereocenters. The zero-order valence-electron chi connectivity index (χ0n) is 12.2. The number of piperazine rings is 1. The number of carbonyl (C=O) groups is 1. The molecule has 0 aliphatic carbocycles. The highest BCUT2D eigenvalue weighted by Crippen LogP contribution is 2.14. The van der Waals surface area contributed by atoms with Crippen LogP contribution >= 0.6 is 0 Å². The molecule has 21 heavy (non-hydrogen) atoms. The summed E-state index contributed by atoms with van der Waals surface area (Å²) >= 11 is 0. The monoisotopic (exact) mass is 295 g/mol. The van der Waals surface area contributed by atoms with Crippen molar-refractivity contribution in [3.8, 4) is 0 Å². The molecule has 1 N–H and O–H groups in total. The van der Waals surface area contributed by atoms with Crippen molar-refractivity contribution < 1.29 is 13.9 Å². The van der Waals surface area contributed by atoms with Crippen LogP contribution in [-0.2, 0) is 4.74 Å². The molecule has 0 spiro atoms. The molecule has 0 saturated carbocycles. The molecule has 2 aliphatic rings. The first-order valence-electron chi connectivity index (χ1n) is 7.40.